The summed E-state index contributed by atoms with van der Waals surface area (Å²) in [6, 6.07) is 67.9. The Kier molecular flexibility index (Phi) is 25.7. The highest BCUT2D eigenvalue weighted by atomic mass is 16.3. The Labute approximate surface area is 639 Å². The Balaban J connectivity index is 0.000000156. The van der Waals surface area contributed by atoms with Gasteiger partial charge in [-0.25, -0.2) is 0 Å². The lowest BCUT2D eigenvalue weighted by Gasteiger charge is -2.30. The molecule has 16 nitrogen and oxygen atoms in total. The van der Waals surface area contributed by atoms with Gasteiger partial charge in [0.15, 0.2) is 0 Å². The molecule has 10 aromatic carbocycles. The van der Waals surface area contributed by atoms with E-state index in [1.807, 2.05) is 171 Å². The second-order valence-corrected chi connectivity index (χ2v) is 32.3. The van der Waals surface area contributed by atoms with Gasteiger partial charge in [-0.1, -0.05) is 276 Å². The third-order valence-corrected chi connectivity index (χ3v) is 20.2. The van der Waals surface area contributed by atoms with Crippen molar-refractivity contribution in [2.24, 2.45) is 0 Å². The fourth-order valence-electron chi connectivity index (χ4n) is 12.0. The van der Waals surface area contributed by atoms with Gasteiger partial charge >= 0.3 is 0 Å². The van der Waals surface area contributed by atoms with E-state index in [2.05, 4.69) is 222 Å². The number of rotatable bonds is 12. The minimum atomic E-state index is -0.174. The van der Waals surface area contributed by atoms with Gasteiger partial charge in [0.05, 0.1) is 0 Å². The molecule has 0 spiro atoms. The van der Waals surface area contributed by atoms with Gasteiger partial charge in [-0.05, 0) is 185 Å². The first-order valence-electron chi connectivity index (χ1n) is 37.9. The Hall–Kier alpha value is -11.0. The van der Waals surface area contributed by atoms with Crippen molar-refractivity contribution in [3.63, 3.8) is 0 Å². The van der Waals surface area contributed by atoms with E-state index in [0.29, 0.717) is 22.7 Å². The molecule has 14 aromatic rings. The third-order valence-electron chi connectivity index (χ3n) is 20.2. The van der Waals surface area contributed by atoms with Crippen LogP contribution in [0.5, 0.6) is 23.0 Å². The maximum atomic E-state index is 11.1. The Morgan fingerprint density at radius 3 is 0.917 bits per heavy atom. The van der Waals surface area contributed by atoms with Gasteiger partial charge in [-0.2, -0.15) is 0 Å². The predicted octanol–water partition coefficient (Wildman–Crippen LogP) is 22.4. The van der Waals surface area contributed by atoms with Gasteiger partial charge in [0.2, 0.25) is 0 Å². The number of aromatic nitrogens is 12. The van der Waals surface area contributed by atoms with Gasteiger partial charge in [-0.3, -0.25) is 0 Å². The Morgan fingerprint density at radius 1 is 0.315 bits per heavy atom. The molecule has 0 aliphatic rings. The number of hydrogen-bond acceptors (Lipinski definition) is 12. The average Bonchev–Trinajstić information content (AvgIpc) is 1.41. The molecule has 0 saturated heterocycles. The van der Waals surface area contributed by atoms with Crippen molar-refractivity contribution in [2.75, 3.05) is 0 Å². The fraction of sp³-hybridized carbons (Fsp3) is 0.348. The second-order valence-electron chi connectivity index (χ2n) is 32.3. The molecule has 0 fully saturated rings. The SMILES string of the molecule is CC(C)(C)c1cc(-n2nc3ccccc3n2)c(O)c(C(C)(C)C)c1.CCC(C)(C)c1cc(-n2nc3ccccc3n2)c(O)c(C(C)(C)CC)c1.CCC(C)c1cc(C(C)(C)C)cc(-n2nc3ccccc3n2)c1O.CCc1cc(CC)c(O)c(-n2nc3ccccc3n2)c1.Cc1ccccc1.Cc1ccccc1. The van der Waals surface area contributed by atoms with Gasteiger partial charge in [0.25, 0.3) is 0 Å². The zero-order valence-corrected chi connectivity index (χ0v) is 67.4. The summed E-state index contributed by atoms with van der Waals surface area (Å²) < 4.78 is 0. The lowest BCUT2D eigenvalue weighted by atomic mass is 9.76. The van der Waals surface area contributed by atoms with Crippen LogP contribution in [0.25, 0.3) is 66.9 Å². The van der Waals surface area contributed by atoms with E-state index in [1.54, 1.807) is 14.4 Å². The highest BCUT2D eigenvalue weighted by Crippen LogP contribution is 2.44. The molecule has 14 rings (SSSR count). The monoisotopic (exact) mass is 1450 g/mol. The van der Waals surface area contributed by atoms with Crippen molar-refractivity contribution < 1.29 is 20.4 Å². The van der Waals surface area contributed by atoms with Crippen LogP contribution < -0.4 is 0 Å². The highest BCUT2D eigenvalue weighted by Gasteiger charge is 2.31. The number of phenolic OH excluding ortho intramolecular Hbond substituents is 4. The average molecular weight is 1450 g/mol. The van der Waals surface area contributed by atoms with Crippen molar-refractivity contribution in [1.82, 2.24) is 60.0 Å². The molecular formula is C92H112N12O4. The van der Waals surface area contributed by atoms with Crippen LogP contribution in [0.2, 0.25) is 0 Å². The summed E-state index contributed by atoms with van der Waals surface area (Å²) in [6.45, 7) is 45.1. The van der Waals surface area contributed by atoms with Crippen LogP contribution >= 0.6 is 0 Å². The first-order valence-corrected chi connectivity index (χ1v) is 37.9. The first-order chi connectivity index (χ1) is 51.1. The van der Waals surface area contributed by atoms with Crippen LogP contribution in [0.15, 0.2) is 206 Å². The summed E-state index contributed by atoms with van der Waals surface area (Å²) in [7, 11) is 0. The quantitative estimate of drug-likeness (QED) is 0.0902. The largest absolute Gasteiger partial charge is 0.505 e. The number of benzene rings is 10. The van der Waals surface area contributed by atoms with Crippen LogP contribution in [0.1, 0.15) is 212 Å². The van der Waals surface area contributed by atoms with E-state index in [4.69, 9.17) is 0 Å². The minimum Gasteiger partial charge on any atom is -0.505 e. The van der Waals surface area contributed by atoms with Crippen molar-refractivity contribution >= 4 is 44.1 Å². The van der Waals surface area contributed by atoms with Crippen molar-refractivity contribution in [1.29, 1.82) is 0 Å². The number of phenols is 4. The van der Waals surface area contributed by atoms with Gasteiger partial charge in [-0.15, -0.1) is 60.0 Å². The summed E-state index contributed by atoms with van der Waals surface area (Å²) in [4.78, 5) is 6.20. The fourth-order valence-corrected chi connectivity index (χ4v) is 12.0. The molecule has 0 bridgehead atoms. The molecule has 1 atom stereocenters. The van der Waals surface area contributed by atoms with Crippen molar-refractivity contribution in [2.45, 2.75) is 210 Å². The topological polar surface area (TPSA) is 204 Å². The number of nitrogens with zero attached hydrogens (tertiary/aromatic N) is 12. The van der Waals surface area contributed by atoms with Crippen molar-refractivity contribution in [3.05, 3.63) is 262 Å². The molecule has 4 N–H and O–H groups in total. The number of aromatic hydroxyl groups is 4. The van der Waals surface area contributed by atoms with E-state index >= 15 is 0 Å². The third kappa shape index (κ3) is 19.6. The molecule has 16 heteroatoms. The first kappa shape index (κ1) is 81.1. The molecule has 4 heterocycles. The summed E-state index contributed by atoms with van der Waals surface area (Å²) in [5, 5.41) is 79.4. The standard InChI is InChI=1S/C22H29N3O.2C20H25N3O.C16H17N3O.2C7H8/c1-7-21(3,4)15-13-16(22(5,6)8-2)20(26)19(14-15)25-23-17-11-9-10-12-18(17)24-25;1-19(2,3)13-11-14(20(4,5)6)18(24)17(12-13)23-21-15-9-7-8-10-16(15)22-23;1-6-13(2)15-11-14(20(3,4)5)12-18(19(15)24)23-21-16-9-7-8-10-17(16)22-23;1-3-11-9-12(4-2)16(20)15(10-11)19-17-13-7-5-6-8-14(13)18-19;2*1-7-5-3-2-4-6-7/h9-14,26H,7-8H2,1-6H3;7-12,24H,1-6H3;7-13,24H,6H2,1-5H3;5-10,20H,3-4H2,1-2H3;2*2-6H,1H3. The maximum Gasteiger partial charge on any atom is 0.146 e. The number of hydrogen-bond donors (Lipinski definition) is 4. The number of aryl methyl sites for hydroxylation is 4. The van der Waals surface area contributed by atoms with Crippen LogP contribution in [0, 0.1) is 13.8 Å². The van der Waals surface area contributed by atoms with Crippen LogP contribution in [0.3, 0.4) is 0 Å². The van der Waals surface area contributed by atoms with E-state index in [-0.39, 0.29) is 56.0 Å². The molecule has 0 saturated carbocycles. The summed E-state index contributed by atoms with van der Waals surface area (Å²) in [5.74, 6) is 1.34. The van der Waals surface area contributed by atoms with Crippen LogP contribution in [-0.4, -0.2) is 80.4 Å². The van der Waals surface area contributed by atoms with Crippen molar-refractivity contribution in [3.8, 4) is 45.7 Å². The highest BCUT2D eigenvalue weighted by molar-refractivity contribution is 5.77. The zero-order valence-electron chi connectivity index (χ0n) is 67.4. The van der Waals surface area contributed by atoms with E-state index in [0.717, 1.165) is 104 Å². The van der Waals surface area contributed by atoms with E-state index in [1.165, 1.54) is 32.6 Å². The summed E-state index contributed by atoms with van der Waals surface area (Å²) in [5.41, 5.74) is 19.9. The second kappa shape index (κ2) is 34.3. The normalized spacial score (nSPS) is 12.0. The minimum absolute atomic E-state index is 0.00754. The summed E-state index contributed by atoms with van der Waals surface area (Å²) in [6.07, 6.45) is 4.62. The van der Waals surface area contributed by atoms with Crippen LogP contribution in [0.4, 0.5) is 0 Å². The van der Waals surface area contributed by atoms with Crippen LogP contribution in [-0.2, 0) is 39.9 Å². The molecule has 0 aliphatic heterocycles. The molecule has 1 unspecified atom stereocenters. The Morgan fingerprint density at radius 2 is 0.620 bits per heavy atom. The molecule has 4 aromatic heterocycles. The Bertz CT molecular complexity index is 5150. The van der Waals surface area contributed by atoms with E-state index < -0.39 is 0 Å². The molecule has 108 heavy (non-hydrogen) atoms. The number of fused-ring (bicyclic) bond motifs is 4. The van der Waals surface area contributed by atoms with Gasteiger partial charge < -0.3 is 20.4 Å². The van der Waals surface area contributed by atoms with Gasteiger partial charge in [0.1, 0.15) is 89.9 Å². The van der Waals surface area contributed by atoms with Gasteiger partial charge in [0, 0.05) is 11.1 Å². The molecule has 0 aliphatic carbocycles. The predicted molar refractivity (Wildman–Crippen MR) is 445 cm³/mol. The molecule has 564 valence electrons. The summed E-state index contributed by atoms with van der Waals surface area (Å²) >= 11 is 0. The smallest absolute Gasteiger partial charge is 0.146 e. The molecular weight excluding hydrogens is 1340 g/mol. The molecule has 0 amide bonds. The zero-order chi connectivity index (χ0) is 78.6. The molecule has 0 radical (unpaired) electrons. The lowest BCUT2D eigenvalue weighted by molar-refractivity contribution is 0.420. The lowest BCUT2D eigenvalue weighted by Crippen LogP contribution is -2.21. The van der Waals surface area contributed by atoms with E-state index in [9.17, 15) is 20.4 Å². The maximum absolute atomic E-state index is 11.1.